The Hall–Kier alpha value is -3.05. The fourth-order valence-electron chi connectivity index (χ4n) is 3.58. The van der Waals surface area contributed by atoms with Crippen LogP contribution in [0.4, 0.5) is 0 Å². The van der Waals surface area contributed by atoms with Gasteiger partial charge in [-0.05, 0) is 31.9 Å². The minimum absolute atomic E-state index is 0.0233. The van der Waals surface area contributed by atoms with Gasteiger partial charge in [-0.15, -0.1) is 10.2 Å². The third-order valence-electron chi connectivity index (χ3n) is 5.37. The number of sulfonamides is 1. The maximum atomic E-state index is 13.2. The third-order valence-corrected chi connectivity index (χ3v) is 7.29. The lowest BCUT2D eigenvalue weighted by atomic mass is 9.98. The number of methoxy groups -OCH3 is 2. The van der Waals surface area contributed by atoms with Crippen LogP contribution in [0.2, 0.25) is 0 Å². The van der Waals surface area contributed by atoms with Crippen molar-refractivity contribution in [3.8, 4) is 23.0 Å². The number of rotatable bonds is 6. The van der Waals surface area contributed by atoms with E-state index in [1.165, 1.54) is 30.9 Å². The highest BCUT2D eigenvalue weighted by molar-refractivity contribution is 7.89. The molecule has 1 aliphatic rings. The Labute approximate surface area is 180 Å². The van der Waals surface area contributed by atoms with E-state index in [0.717, 1.165) is 5.69 Å². The molecule has 0 amide bonds. The number of aromatic nitrogens is 4. The fraction of sp³-hybridized carbons (Fsp3) is 0.400. The van der Waals surface area contributed by atoms with Crippen LogP contribution in [-0.4, -0.2) is 60.2 Å². The summed E-state index contributed by atoms with van der Waals surface area (Å²) in [7, 11) is -0.806. The first kappa shape index (κ1) is 21.2. The van der Waals surface area contributed by atoms with Gasteiger partial charge in [0.25, 0.3) is 5.89 Å². The van der Waals surface area contributed by atoms with E-state index in [1.807, 2.05) is 6.92 Å². The molecule has 0 unspecified atom stereocenters. The van der Waals surface area contributed by atoms with Crippen molar-refractivity contribution in [1.82, 2.24) is 24.5 Å². The van der Waals surface area contributed by atoms with E-state index in [4.69, 9.17) is 13.9 Å². The summed E-state index contributed by atoms with van der Waals surface area (Å²) in [6.45, 7) is 2.51. The largest absolute Gasteiger partial charge is 0.497 e. The van der Waals surface area contributed by atoms with E-state index in [-0.39, 0.29) is 16.6 Å². The standard InChI is InChI=1S/C20H23N5O5S/c1-13-16(11-21-12-22-13)20-24-23-19(30-20)14-6-8-25(9-7-14)31(26,27)18-10-15(28-2)4-5-17(18)29-3/h4-5,10-12,14H,6-9H2,1-3H3. The zero-order chi connectivity index (χ0) is 22.0. The summed E-state index contributed by atoms with van der Waals surface area (Å²) < 4.78 is 44.2. The predicted molar refractivity (Wildman–Crippen MR) is 110 cm³/mol. The third kappa shape index (κ3) is 4.10. The molecule has 1 aliphatic heterocycles. The monoisotopic (exact) mass is 445 g/mol. The Morgan fingerprint density at radius 1 is 1.13 bits per heavy atom. The lowest BCUT2D eigenvalue weighted by Gasteiger charge is -2.30. The number of ether oxygens (including phenoxy) is 2. The Bertz CT molecular complexity index is 1170. The van der Waals surface area contributed by atoms with E-state index in [1.54, 1.807) is 18.3 Å². The number of aryl methyl sites for hydroxylation is 1. The average molecular weight is 446 g/mol. The van der Waals surface area contributed by atoms with E-state index in [2.05, 4.69) is 20.2 Å². The number of benzene rings is 1. The van der Waals surface area contributed by atoms with E-state index in [0.29, 0.717) is 49.0 Å². The molecule has 1 fully saturated rings. The van der Waals surface area contributed by atoms with E-state index in [9.17, 15) is 8.42 Å². The van der Waals surface area contributed by atoms with Crippen LogP contribution in [0, 0.1) is 6.92 Å². The molecule has 3 heterocycles. The van der Waals surface area contributed by atoms with E-state index < -0.39 is 10.0 Å². The molecule has 4 rings (SSSR count). The van der Waals surface area contributed by atoms with Gasteiger partial charge in [0.05, 0.1) is 25.5 Å². The van der Waals surface area contributed by atoms with Gasteiger partial charge in [-0.3, -0.25) is 0 Å². The number of piperidine rings is 1. The number of nitrogens with zero attached hydrogens (tertiary/aromatic N) is 5. The van der Waals surface area contributed by atoms with Crippen LogP contribution >= 0.6 is 0 Å². The lowest BCUT2D eigenvalue weighted by molar-refractivity contribution is 0.290. The second-order valence-corrected chi connectivity index (χ2v) is 9.07. The highest BCUT2D eigenvalue weighted by Crippen LogP contribution is 2.35. The van der Waals surface area contributed by atoms with Crippen LogP contribution in [0.5, 0.6) is 11.5 Å². The summed E-state index contributed by atoms with van der Waals surface area (Å²) in [5, 5.41) is 8.30. The zero-order valence-corrected chi connectivity index (χ0v) is 18.3. The van der Waals surface area contributed by atoms with Crippen LogP contribution in [0.1, 0.15) is 30.3 Å². The Morgan fingerprint density at radius 3 is 2.58 bits per heavy atom. The highest BCUT2D eigenvalue weighted by atomic mass is 32.2. The Kier molecular flexibility index (Phi) is 5.88. The first-order chi connectivity index (χ1) is 14.9. The maximum Gasteiger partial charge on any atom is 0.251 e. The van der Waals surface area contributed by atoms with Gasteiger partial charge in [-0.25, -0.2) is 18.4 Å². The molecular formula is C20H23N5O5S. The molecule has 0 bridgehead atoms. The molecule has 2 aromatic heterocycles. The maximum absolute atomic E-state index is 13.2. The minimum Gasteiger partial charge on any atom is -0.497 e. The van der Waals surface area contributed by atoms with Crippen molar-refractivity contribution in [2.24, 2.45) is 0 Å². The van der Waals surface area contributed by atoms with Crippen molar-refractivity contribution in [2.75, 3.05) is 27.3 Å². The van der Waals surface area contributed by atoms with Crippen molar-refractivity contribution < 1.29 is 22.3 Å². The zero-order valence-electron chi connectivity index (χ0n) is 17.5. The second-order valence-electron chi connectivity index (χ2n) is 7.16. The summed E-state index contributed by atoms with van der Waals surface area (Å²) in [4.78, 5) is 8.23. The van der Waals surface area contributed by atoms with Gasteiger partial charge < -0.3 is 13.9 Å². The molecule has 0 saturated carbocycles. The molecule has 0 radical (unpaired) electrons. The number of hydrogen-bond donors (Lipinski definition) is 0. The van der Waals surface area contributed by atoms with Crippen molar-refractivity contribution in [3.63, 3.8) is 0 Å². The molecule has 1 saturated heterocycles. The lowest BCUT2D eigenvalue weighted by Crippen LogP contribution is -2.38. The van der Waals surface area contributed by atoms with Crippen LogP contribution in [-0.2, 0) is 10.0 Å². The molecule has 3 aromatic rings. The summed E-state index contributed by atoms with van der Waals surface area (Å²) in [5.74, 6) is 1.57. The van der Waals surface area contributed by atoms with Gasteiger partial charge in [0.15, 0.2) is 0 Å². The Morgan fingerprint density at radius 2 is 1.90 bits per heavy atom. The molecule has 164 valence electrons. The first-order valence-corrected chi connectivity index (χ1v) is 11.2. The first-order valence-electron chi connectivity index (χ1n) is 9.76. The van der Waals surface area contributed by atoms with Crippen LogP contribution in [0.25, 0.3) is 11.5 Å². The van der Waals surface area contributed by atoms with Gasteiger partial charge in [0.2, 0.25) is 15.9 Å². The molecule has 10 nitrogen and oxygen atoms in total. The van der Waals surface area contributed by atoms with Crippen LogP contribution in [0.15, 0.2) is 40.0 Å². The average Bonchev–Trinajstić information content (AvgIpc) is 3.29. The predicted octanol–water partition coefficient (Wildman–Crippen LogP) is 2.42. The molecule has 0 N–H and O–H groups in total. The van der Waals surface area contributed by atoms with Crippen LogP contribution < -0.4 is 9.47 Å². The molecule has 0 aliphatic carbocycles. The van der Waals surface area contributed by atoms with Crippen molar-refractivity contribution in [2.45, 2.75) is 30.6 Å². The SMILES string of the molecule is COc1ccc(OC)c(S(=O)(=O)N2CCC(c3nnc(-c4cncnc4C)o3)CC2)c1. The fourth-order valence-corrected chi connectivity index (χ4v) is 5.22. The Balaban J connectivity index is 1.50. The molecule has 0 spiro atoms. The van der Waals surface area contributed by atoms with Crippen molar-refractivity contribution in [3.05, 3.63) is 42.3 Å². The normalized spacial score (nSPS) is 15.7. The van der Waals surface area contributed by atoms with Gasteiger partial charge >= 0.3 is 0 Å². The summed E-state index contributed by atoms with van der Waals surface area (Å²) >= 11 is 0. The summed E-state index contributed by atoms with van der Waals surface area (Å²) in [6, 6.07) is 4.74. The molecule has 1 aromatic carbocycles. The minimum atomic E-state index is -3.74. The smallest absolute Gasteiger partial charge is 0.251 e. The number of hydrogen-bond acceptors (Lipinski definition) is 9. The molecule has 0 atom stereocenters. The quantitative estimate of drug-likeness (QED) is 0.563. The van der Waals surface area contributed by atoms with Gasteiger partial charge in [0, 0.05) is 31.3 Å². The summed E-state index contributed by atoms with van der Waals surface area (Å²) in [6.07, 6.45) is 4.23. The second kappa shape index (κ2) is 8.60. The molecular weight excluding hydrogens is 422 g/mol. The van der Waals surface area contributed by atoms with Crippen molar-refractivity contribution in [1.29, 1.82) is 0 Å². The topological polar surface area (TPSA) is 121 Å². The van der Waals surface area contributed by atoms with Gasteiger partial charge in [0.1, 0.15) is 22.7 Å². The van der Waals surface area contributed by atoms with Crippen LogP contribution in [0.3, 0.4) is 0 Å². The molecule has 11 heteroatoms. The molecule has 31 heavy (non-hydrogen) atoms. The van der Waals surface area contributed by atoms with Crippen molar-refractivity contribution >= 4 is 10.0 Å². The van der Waals surface area contributed by atoms with E-state index >= 15 is 0 Å². The van der Waals surface area contributed by atoms with Gasteiger partial charge in [-0.2, -0.15) is 4.31 Å². The highest BCUT2D eigenvalue weighted by Gasteiger charge is 2.34. The van der Waals surface area contributed by atoms with Gasteiger partial charge in [-0.1, -0.05) is 0 Å². The summed E-state index contributed by atoms with van der Waals surface area (Å²) in [5.41, 5.74) is 1.43.